The zero-order chi connectivity index (χ0) is 21.5. The van der Waals surface area contributed by atoms with Gasteiger partial charge in [-0.1, -0.05) is 90.4 Å². The van der Waals surface area contributed by atoms with Crippen LogP contribution in [0.1, 0.15) is 16.7 Å². The summed E-state index contributed by atoms with van der Waals surface area (Å²) in [6.07, 6.45) is 1.82. The Morgan fingerprint density at radius 3 is 2.06 bits per heavy atom. The van der Waals surface area contributed by atoms with Gasteiger partial charge in [0, 0.05) is 34.3 Å². The molecule has 31 heavy (non-hydrogen) atoms. The predicted molar refractivity (Wildman–Crippen MR) is 135 cm³/mol. The summed E-state index contributed by atoms with van der Waals surface area (Å²) in [4.78, 5) is 15.4. The Balaban J connectivity index is 0.00000341. The van der Waals surface area contributed by atoms with Gasteiger partial charge in [0.25, 0.3) is 0 Å². The summed E-state index contributed by atoms with van der Waals surface area (Å²) in [5.74, 6) is -0.0998. The van der Waals surface area contributed by atoms with Crippen LogP contribution in [0.5, 0.6) is 0 Å². The van der Waals surface area contributed by atoms with Crippen LogP contribution in [0.3, 0.4) is 0 Å². The van der Waals surface area contributed by atoms with E-state index in [4.69, 9.17) is 23.2 Å². The number of hydrogen-bond acceptors (Lipinski definition) is 2. The molecule has 0 unspecified atom stereocenters. The van der Waals surface area contributed by atoms with Crippen molar-refractivity contribution in [3.63, 3.8) is 0 Å². The number of halogens is 3. The lowest BCUT2D eigenvalue weighted by atomic mass is 9.95. The van der Waals surface area contributed by atoms with Crippen LogP contribution in [0.25, 0.3) is 11.6 Å². The van der Waals surface area contributed by atoms with Gasteiger partial charge in [-0.3, -0.25) is 9.69 Å². The maximum Gasteiger partial charge on any atom is 0.190 e. The Bertz CT molecular complexity index is 1040. The predicted octanol–water partition coefficient (Wildman–Crippen LogP) is 7.21. The second-order valence-corrected chi connectivity index (χ2v) is 8.09. The molecule has 0 aliphatic carbocycles. The number of benzene rings is 3. The smallest absolute Gasteiger partial charge is 0.190 e. The zero-order valence-electron chi connectivity index (χ0n) is 17.2. The molecule has 0 radical (unpaired) electrons. The monoisotopic (exact) mass is 471 g/mol. The lowest BCUT2D eigenvalue weighted by molar-refractivity contribution is -0.110. The molecule has 0 aliphatic heterocycles. The molecule has 2 nitrogen and oxygen atoms in total. The molecule has 0 fully saturated rings. The van der Waals surface area contributed by atoms with E-state index in [2.05, 4.69) is 23.6 Å². The first kappa shape index (κ1) is 24.9. The first-order valence-electron chi connectivity index (χ1n) is 9.60. The second-order valence-electron chi connectivity index (χ2n) is 7.22. The first-order valence-corrected chi connectivity index (χ1v) is 10.4. The molecule has 3 aromatic rings. The van der Waals surface area contributed by atoms with E-state index in [1.54, 1.807) is 18.2 Å². The van der Waals surface area contributed by atoms with Gasteiger partial charge in [0.15, 0.2) is 5.78 Å². The quantitative estimate of drug-likeness (QED) is 0.255. The number of allylic oxidation sites excluding steroid dienone is 1. The maximum absolute atomic E-state index is 13.3. The average molecular weight is 473 g/mol. The summed E-state index contributed by atoms with van der Waals surface area (Å²) in [6.45, 7) is 5.28. The van der Waals surface area contributed by atoms with Gasteiger partial charge in [-0.05, 0) is 48.0 Å². The van der Waals surface area contributed by atoms with E-state index in [1.807, 2.05) is 61.7 Å². The molecule has 0 bridgehead atoms. The maximum atomic E-state index is 13.3. The van der Waals surface area contributed by atoms with Crippen LogP contribution < -0.4 is 0 Å². The standard InChI is InChI=1S/C26H23Cl2NO.ClH/c1-19(17-29(2)18-20-9-5-3-6-10-20)26(30)25(22-11-7-4-8-12-22)15-21-13-23(27)16-24(28)14-21;/h3-16H,1,17-18H2,2H3;1H/b25-15+;. The third-order valence-electron chi connectivity index (χ3n) is 4.60. The average Bonchev–Trinajstić information content (AvgIpc) is 2.72. The van der Waals surface area contributed by atoms with Crippen molar-refractivity contribution >= 4 is 53.0 Å². The minimum Gasteiger partial charge on any atom is -0.298 e. The van der Waals surface area contributed by atoms with Crippen LogP contribution in [-0.4, -0.2) is 24.3 Å². The molecule has 0 saturated heterocycles. The van der Waals surface area contributed by atoms with Gasteiger partial charge >= 0.3 is 0 Å². The Morgan fingerprint density at radius 1 is 0.935 bits per heavy atom. The highest BCUT2D eigenvalue weighted by atomic mass is 35.5. The van der Waals surface area contributed by atoms with Gasteiger partial charge in [0.05, 0.1) is 0 Å². The lowest BCUT2D eigenvalue weighted by Crippen LogP contribution is -2.23. The van der Waals surface area contributed by atoms with Crippen molar-refractivity contribution in [1.29, 1.82) is 0 Å². The molecule has 3 rings (SSSR count). The molecule has 3 aromatic carbocycles. The van der Waals surface area contributed by atoms with Crippen LogP contribution >= 0.6 is 35.6 Å². The number of rotatable bonds is 8. The molecule has 0 amide bonds. The van der Waals surface area contributed by atoms with Gasteiger partial charge in [-0.15, -0.1) is 12.4 Å². The highest BCUT2D eigenvalue weighted by Crippen LogP contribution is 2.26. The van der Waals surface area contributed by atoms with E-state index in [0.29, 0.717) is 27.7 Å². The van der Waals surface area contributed by atoms with Crippen molar-refractivity contribution < 1.29 is 4.79 Å². The number of likely N-dealkylation sites (N-methyl/N-ethyl adjacent to an activating group) is 1. The van der Waals surface area contributed by atoms with E-state index in [0.717, 1.165) is 17.7 Å². The number of hydrogen-bond donors (Lipinski definition) is 0. The van der Waals surface area contributed by atoms with Gasteiger partial charge in [0.1, 0.15) is 0 Å². The fraction of sp³-hybridized carbons (Fsp3) is 0.115. The molecule has 0 aromatic heterocycles. The van der Waals surface area contributed by atoms with Gasteiger partial charge in [-0.2, -0.15) is 0 Å². The van der Waals surface area contributed by atoms with Crippen LogP contribution in [0.15, 0.2) is 91.0 Å². The minimum absolute atomic E-state index is 0. The summed E-state index contributed by atoms with van der Waals surface area (Å²) in [5, 5.41) is 1.05. The number of carbonyl (C=O) groups excluding carboxylic acids is 1. The molecule has 0 saturated carbocycles. The molecule has 5 heteroatoms. The van der Waals surface area contributed by atoms with Crippen molar-refractivity contribution in [2.24, 2.45) is 0 Å². The van der Waals surface area contributed by atoms with E-state index in [-0.39, 0.29) is 18.2 Å². The normalized spacial score (nSPS) is 11.2. The minimum atomic E-state index is -0.0998. The Hall–Kier alpha value is -2.36. The summed E-state index contributed by atoms with van der Waals surface area (Å²) in [5.41, 5.74) is 3.87. The van der Waals surface area contributed by atoms with Crippen LogP contribution in [0.4, 0.5) is 0 Å². The fourth-order valence-electron chi connectivity index (χ4n) is 3.26. The fourth-order valence-corrected chi connectivity index (χ4v) is 3.80. The zero-order valence-corrected chi connectivity index (χ0v) is 19.6. The summed E-state index contributed by atoms with van der Waals surface area (Å²) >= 11 is 12.3. The van der Waals surface area contributed by atoms with Crippen molar-refractivity contribution in [2.75, 3.05) is 13.6 Å². The van der Waals surface area contributed by atoms with Crippen LogP contribution in [0.2, 0.25) is 10.0 Å². The number of Topliss-reactive ketones (excluding diaryl/α,β-unsaturated/α-hetero) is 1. The van der Waals surface area contributed by atoms with Crippen LogP contribution in [0, 0.1) is 0 Å². The number of ketones is 1. The molecule has 0 N–H and O–H groups in total. The molecule has 0 heterocycles. The van der Waals surface area contributed by atoms with E-state index in [9.17, 15) is 4.79 Å². The molecular weight excluding hydrogens is 449 g/mol. The summed E-state index contributed by atoms with van der Waals surface area (Å²) < 4.78 is 0. The number of nitrogens with zero attached hydrogens (tertiary/aromatic N) is 1. The van der Waals surface area contributed by atoms with E-state index in [1.165, 1.54) is 5.56 Å². The van der Waals surface area contributed by atoms with Gasteiger partial charge in [0.2, 0.25) is 0 Å². The topological polar surface area (TPSA) is 20.3 Å². The Kier molecular flexibility index (Phi) is 9.54. The largest absolute Gasteiger partial charge is 0.298 e. The SMILES string of the molecule is C=C(CN(C)Cc1ccccc1)C(=O)/C(=C/c1cc(Cl)cc(Cl)c1)c1ccccc1.Cl. The third kappa shape index (κ3) is 7.37. The Morgan fingerprint density at radius 2 is 1.48 bits per heavy atom. The van der Waals surface area contributed by atoms with Crippen LogP contribution in [-0.2, 0) is 11.3 Å². The molecule has 160 valence electrons. The highest BCUT2D eigenvalue weighted by Gasteiger charge is 2.17. The molecule has 0 atom stereocenters. The molecular formula is C26H24Cl3NO. The summed E-state index contributed by atoms with van der Waals surface area (Å²) in [6, 6.07) is 25.0. The van der Waals surface area contributed by atoms with E-state index >= 15 is 0 Å². The second kappa shape index (κ2) is 11.9. The van der Waals surface area contributed by atoms with Crippen molar-refractivity contribution in [3.8, 4) is 0 Å². The highest BCUT2D eigenvalue weighted by molar-refractivity contribution is 6.35. The third-order valence-corrected chi connectivity index (χ3v) is 5.04. The van der Waals surface area contributed by atoms with Crippen molar-refractivity contribution in [3.05, 3.63) is 118 Å². The van der Waals surface area contributed by atoms with Gasteiger partial charge in [-0.25, -0.2) is 0 Å². The van der Waals surface area contributed by atoms with Crippen molar-refractivity contribution in [2.45, 2.75) is 6.54 Å². The molecule has 0 spiro atoms. The van der Waals surface area contributed by atoms with Gasteiger partial charge < -0.3 is 0 Å². The van der Waals surface area contributed by atoms with Crippen molar-refractivity contribution in [1.82, 2.24) is 4.90 Å². The first-order chi connectivity index (χ1) is 14.4. The number of carbonyl (C=O) groups is 1. The summed E-state index contributed by atoms with van der Waals surface area (Å²) in [7, 11) is 1.98. The molecule has 0 aliphatic rings. The Labute approximate surface area is 200 Å². The lowest BCUT2D eigenvalue weighted by Gasteiger charge is -2.18. The van der Waals surface area contributed by atoms with E-state index < -0.39 is 0 Å².